The van der Waals surface area contributed by atoms with Gasteiger partial charge in [-0.1, -0.05) is 53.2 Å². The highest BCUT2D eigenvalue weighted by atomic mass is 16.3. The SMILES string of the molecule is CC(C)c1ccc2c(c1)C(O)=C1C(C)(C)CCC[C@@]12C. The van der Waals surface area contributed by atoms with Crippen LogP contribution in [0.2, 0.25) is 0 Å². The van der Waals surface area contributed by atoms with E-state index in [-0.39, 0.29) is 10.8 Å². The van der Waals surface area contributed by atoms with E-state index in [0.717, 1.165) is 12.0 Å². The Balaban J connectivity index is 2.24. The number of aliphatic hydroxyl groups excluding tert-OH is 1. The van der Waals surface area contributed by atoms with Gasteiger partial charge in [0.2, 0.25) is 0 Å². The fourth-order valence-corrected chi connectivity index (χ4v) is 4.46. The molecule has 20 heavy (non-hydrogen) atoms. The van der Waals surface area contributed by atoms with Crippen molar-refractivity contribution in [3.05, 3.63) is 40.5 Å². The van der Waals surface area contributed by atoms with Crippen LogP contribution < -0.4 is 0 Å². The second-order valence-electron chi connectivity index (χ2n) is 7.75. The number of aliphatic hydroxyl groups is 1. The van der Waals surface area contributed by atoms with E-state index in [1.165, 1.54) is 29.5 Å². The average Bonchev–Trinajstić information content (AvgIpc) is 2.58. The summed E-state index contributed by atoms with van der Waals surface area (Å²) >= 11 is 0. The van der Waals surface area contributed by atoms with Crippen molar-refractivity contribution < 1.29 is 5.11 Å². The number of hydrogen-bond donors (Lipinski definition) is 1. The number of benzene rings is 1. The lowest BCUT2D eigenvalue weighted by Gasteiger charge is -2.43. The molecule has 1 aromatic carbocycles. The first kappa shape index (κ1) is 13.7. The van der Waals surface area contributed by atoms with Gasteiger partial charge < -0.3 is 5.11 Å². The molecule has 1 N–H and O–H groups in total. The molecule has 1 saturated carbocycles. The minimum absolute atomic E-state index is 0.0384. The molecular formula is C19H26O. The van der Waals surface area contributed by atoms with Crippen LogP contribution >= 0.6 is 0 Å². The minimum atomic E-state index is 0.0384. The summed E-state index contributed by atoms with van der Waals surface area (Å²) in [4.78, 5) is 0. The fourth-order valence-electron chi connectivity index (χ4n) is 4.46. The Bertz CT molecular complexity index is 592. The quantitative estimate of drug-likeness (QED) is 0.708. The molecule has 108 valence electrons. The van der Waals surface area contributed by atoms with Gasteiger partial charge in [0.1, 0.15) is 5.76 Å². The lowest BCUT2D eigenvalue weighted by Crippen LogP contribution is -2.35. The highest BCUT2D eigenvalue weighted by molar-refractivity contribution is 5.77. The topological polar surface area (TPSA) is 20.2 Å². The normalized spacial score (nSPS) is 27.7. The highest BCUT2D eigenvalue weighted by Crippen LogP contribution is 2.59. The Morgan fingerprint density at radius 2 is 1.80 bits per heavy atom. The van der Waals surface area contributed by atoms with Gasteiger partial charge in [-0.3, -0.25) is 0 Å². The van der Waals surface area contributed by atoms with Crippen molar-refractivity contribution in [1.29, 1.82) is 0 Å². The standard InChI is InChI=1S/C19H26O/c1-12(2)13-7-8-15-14(11-13)16(20)17-18(3,4)9-6-10-19(15,17)5/h7-8,11-12,20H,6,9-10H2,1-5H3/t19-/m1/s1. The van der Waals surface area contributed by atoms with Crippen LogP contribution in [0.1, 0.15) is 76.5 Å². The van der Waals surface area contributed by atoms with Gasteiger partial charge in [-0.05, 0) is 46.9 Å². The molecule has 0 saturated heterocycles. The van der Waals surface area contributed by atoms with Gasteiger partial charge in [0.25, 0.3) is 0 Å². The lowest BCUT2D eigenvalue weighted by atomic mass is 9.60. The Morgan fingerprint density at radius 1 is 1.10 bits per heavy atom. The van der Waals surface area contributed by atoms with Crippen LogP contribution in [0, 0.1) is 5.41 Å². The number of rotatable bonds is 1. The maximum absolute atomic E-state index is 10.9. The first-order chi connectivity index (χ1) is 9.27. The molecule has 1 atom stereocenters. The summed E-state index contributed by atoms with van der Waals surface area (Å²) in [6.45, 7) is 11.3. The molecule has 3 rings (SSSR count). The predicted octanol–water partition coefficient (Wildman–Crippen LogP) is 5.56. The molecule has 1 aromatic rings. The third-order valence-corrected chi connectivity index (χ3v) is 5.50. The zero-order valence-corrected chi connectivity index (χ0v) is 13.4. The third-order valence-electron chi connectivity index (χ3n) is 5.50. The van der Waals surface area contributed by atoms with Gasteiger partial charge in [0.05, 0.1) is 0 Å². The Kier molecular flexibility index (Phi) is 2.83. The monoisotopic (exact) mass is 270 g/mol. The van der Waals surface area contributed by atoms with Crippen molar-refractivity contribution >= 4 is 5.76 Å². The smallest absolute Gasteiger partial charge is 0.123 e. The molecule has 0 amide bonds. The maximum atomic E-state index is 10.9. The highest BCUT2D eigenvalue weighted by Gasteiger charge is 2.50. The lowest BCUT2D eigenvalue weighted by molar-refractivity contribution is 0.259. The largest absolute Gasteiger partial charge is 0.507 e. The molecule has 0 bridgehead atoms. The van der Waals surface area contributed by atoms with E-state index in [1.807, 2.05) is 0 Å². The first-order valence-electron chi connectivity index (χ1n) is 7.86. The summed E-state index contributed by atoms with van der Waals surface area (Å²) in [5.74, 6) is 1.07. The van der Waals surface area contributed by atoms with Gasteiger partial charge in [-0.2, -0.15) is 0 Å². The molecule has 2 aliphatic carbocycles. The van der Waals surface area contributed by atoms with E-state index in [9.17, 15) is 5.11 Å². The van der Waals surface area contributed by atoms with Crippen LogP contribution in [0.4, 0.5) is 0 Å². The average molecular weight is 270 g/mol. The Hall–Kier alpha value is -1.24. The van der Waals surface area contributed by atoms with Crippen molar-refractivity contribution in [2.24, 2.45) is 5.41 Å². The molecule has 0 spiro atoms. The van der Waals surface area contributed by atoms with E-state index in [4.69, 9.17) is 0 Å². The maximum Gasteiger partial charge on any atom is 0.123 e. The summed E-state index contributed by atoms with van der Waals surface area (Å²) < 4.78 is 0. The molecule has 0 aromatic heterocycles. The van der Waals surface area contributed by atoms with Crippen LogP contribution in [0.3, 0.4) is 0 Å². The van der Waals surface area contributed by atoms with Crippen LogP contribution in [0.5, 0.6) is 0 Å². The Labute approximate surface area is 122 Å². The molecule has 0 radical (unpaired) electrons. The van der Waals surface area contributed by atoms with E-state index in [0.29, 0.717) is 11.7 Å². The van der Waals surface area contributed by atoms with Crippen molar-refractivity contribution in [2.75, 3.05) is 0 Å². The van der Waals surface area contributed by atoms with E-state index in [1.54, 1.807) is 0 Å². The molecule has 0 heterocycles. The Morgan fingerprint density at radius 3 is 2.45 bits per heavy atom. The van der Waals surface area contributed by atoms with Crippen LogP contribution in [0.25, 0.3) is 5.76 Å². The van der Waals surface area contributed by atoms with E-state index < -0.39 is 0 Å². The summed E-state index contributed by atoms with van der Waals surface area (Å²) in [6, 6.07) is 6.71. The zero-order chi connectivity index (χ0) is 14.7. The molecule has 1 fully saturated rings. The summed E-state index contributed by atoms with van der Waals surface area (Å²) in [5, 5.41) is 10.9. The number of fused-ring (bicyclic) bond motifs is 3. The number of allylic oxidation sites excluding steroid dienone is 1. The summed E-state index contributed by atoms with van der Waals surface area (Å²) in [6.07, 6.45) is 3.57. The third kappa shape index (κ3) is 1.68. The zero-order valence-electron chi connectivity index (χ0n) is 13.4. The van der Waals surface area contributed by atoms with Gasteiger partial charge in [0.15, 0.2) is 0 Å². The second-order valence-corrected chi connectivity index (χ2v) is 7.75. The van der Waals surface area contributed by atoms with Gasteiger partial charge in [0, 0.05) is 11.0 Å². The summed E-state index contributed by atoms with van der Waals surface area (Å²) in [5.41, 5.74) is 5.15. The second kappa shape index (κ2) is 4.13. The van der Waals surface area contributed by atoms with Gasteiger partial charge in [-0.15, -0.1) is 0 Å². The van der Waals surface area contributed by atoms with Crippen LogP contribution in [-0.4, -0.2) is 5.11 Å². The summed E-state index contributed by atoms with van der Waals surface area (Å²) in [7, 11) is 0. The van der Waals surface area contributed by atoms with Gasteiger partial charge in [-0.25, -0.2) is 0 Å². The van der Waals surface area contributed by atoms with Crippen molar-refractivity contribution in [3.8, 4) is 0 Å². The molecule has 2 aliphatic rings. The number of hydrogen-bond acceptors (Lipinski definition) is 1. The molecule has 0 aliphatic heterocycles. The van der Waals surface area contributed by atoms with Crippen LogP contribution in [-0.2, 0) is 5.41 Å². The minimum Gasteiger partial charge on any atom is -0.507 e. The van der Waals surface area contributed by atoms with Gasteiger partial charge >= 0.3 is 0 Å². The predicted molar refractivity (Wildman–Crippen MR) is 85.1 cm³/mol. The molecule has 1 nitrogen and oxygen atoms in total. The molecule has 1 heteroatoms. The van der Waals surface area contributed by atoms with Crippen molar-refractivity contribution in [3.63, 3.8) is 0 Å². The van der Waals surface area contributed by atoms with E-state index in [2.05, 4.69) is 52.8 Å². The first-order valence-corrected chi connectivity index (χ1v) is 7.86. The van der Waals surface area contributed by atoms with Crippen molar-refractivity contribution in [1.82, 2.24) is 0 Å². The van der Waals surface area contributed by atoms with E-state index >= 15 is 0 Å². The van der Waals surface area contributed by atoms with Crippen LogP contribution in [0.15, 0.2) is 23.8 Å². The fraction of sp³-hybridized carbons (Fsp3) is 0.579. The molecule has 0 unspecified atom stereocenters. The molecular weight excluding hydrogens is 244 g/mol. The van der Waals surface area contributed by atoms with Crippen molar-refractivity contribution in [2.45, 2.75) is 65.2 Å².